The Morgan fingerprint density at radius 3 is 2.85 bits per heavy atom. The lowest BCUT2D eigenvalue weighted by molar-refractivity contribution is 0.362. The SMILES string of the molecule is CCc1ccsc1CNCc1ccccc1OCC#N. The summed E-state index contributed by atoms with van der Waals surface area (Å²) >= 11 is 1.79. The summed E-state index contributed by atoms with van der Waals surface area (Å²) in [7, 11) is 0. The van der Waals surface area contributed by atoms with E-state index < -0.39 is 0 Å². The van der Waals surface area contributed by atoms with Crippen molar-refractivity contribution in [2.24, 2.45) is 0 Å². The first-order valence-electron chi connectivity index (χ1n) is 6.68. The zero-order valence-corrected chi connectivity index (χ0v) is 12.4. The van der Waals surface area contributed by atoms with Crippen LogP contribution in [0.4, 0.5) is 0 Å². The van der Waals surface area contributed by atoms with Crippen LogP contribution in [0.3, 0.4) is 0 Å². The molecule has 0 unspecified atom stereocenters. The van der Waals surface area contributed by atoms with E-state index in [0.29, 0.717) is 0 Å². The average molecular weight is 286 g/mol. The molecule has 0 atom stereocenters. The van der Waals surface area contributed by atoms with Gasteiger partial charge in [-0.15, -0.1) is 11.3 Å². The molecule has 20 heavy (non-hydrogen) atoms. The van der Waals surface area contributed by atoms with E-state index in [2.05, 4.69) is 23.7 Å². The second-order valence-corrected chi connectivity index (χ2v) is 5.38. The summed E-state index contributed by atoms with van der Waals surface area (Å²) in [6.45, 7) is 3.87. The van der Waals surface area contributed by atoms with Crippen LogP contribution in [0, 0.1) is 11.3 Å². The Kier molecular flexibility index (Phi) is 5.60. The molecule has 0 aliphatic carbocycles. The number of ether oxygens (including phenoxy) is 1. The molecule has 3 nitrogen and oxygen atoms in total. The third kappa shape index (κ3) is 3.83. The Bertz CT molecular complexity index is 586. The highest BCUT2D eigenvalue weighted by atomic mass is 32.1. The summed E-state index contributed by atoms with van der Waals surface area (Å²) in [6, 6.07) is 12.0. The number of hydrogen-bond acceptors (Lipinski definition) is 4. The number of nitriles is 1. The highest BCUT2D eigenvalue weighted by Crippen LogP contribution is 2.19. The van der Waals surface area contributed by atoms with E-state index in [4.69, 9.17) is 10.00 Å². The Hall–Kier alpha value is -1.83. The maximum Gasteiger partial charge on any atom is 0.174 e. The van der Waals surface area contributed by atoms with Gasteiger partial charge in [-0.2, -0.15) is 5.26 Å². The van der Waals surface area contributed by atoms with Gasteiger partial charge in [0.1, 0.15) is 11.8 Å². The lowest BCUT2D eigenvalue weighted by Gasteiger charge is -2.10. The lowest BCUT2D eigenvalue weighted by Crippen LogP contribution is -2.13. The van der Waals surface area contributed by atoms with Gasteiger partial charge in [-0.3, -0.25) is 0 Å². The monoisotopic (exact) mass is 286 g/mol. The first-order chi connectivity index (χ1) is 9.85. The summed E-state index contributed by atoms with van der Waals surface area (Å²) in [5.74, 6) is 0.781. The minimum atomic E-state index is 0.0852. The summed E-state index contributed by atoms with van der Waals surface area (Å²) in [5, 5.41) is 14.2. The van der Waals surface area contributed by atoms with Gasteiger partial charge in [0.2, 0.25) is 0 Å². The van der Waals surface area contributed by atoms with Gasteiger partial charge in [0.05, 0.1) is 0 Å². The minimum absolute atomic E-state index is 0.0852. The molecule has 0 fully saturated rings. The molecule has 0 radical (unpaired) electrons. The molecule has 0 saturated heterocycles. The van der Waals surface area contributed by atoms with E-state index in [1.807, 2.05) is 30.3 Å². The van der Waals surface area contributed by atoms with Gasteiger partial charge in [0.15, 0.2) is 6.61 Å². The number of para-hydroxylation sites is 1. The Labute approximate surface area is 123 Å². The van der Waals surface area contributed by atoms with Gasteiger partial charge < -0.3 is 10.1 Å². The highest BCUT2D eigenvalue weighted by molar-refractivity contribution is 7.10. The number of rotatable bonds is 7. The second kappa shape index (κ2) is 7.68. The summed E-state index contributed by atoms with van der Waals surface area (Å²) < 4.78 is 5.42. The predicted octanol–water partition coefficient (Wildman–Crippen LogP) is 3.50. The van der Waals surface area contributed by atoms with E-state index in [-0.39, 0.29) is 6.61 Å². The molecule has 0 saturated carbocycles. The molecule has 0 bridgehead atoms. The smallest absolute Gasteiger partial charge is 0.174 e. The van der Waals surface area contributed by atoms with Crippen LogP contribution in [0.15, 0.2) is 35.7 Å². The first kappa shape index (κ1) is 14.6. The van der Waals surface area contributed by atoms with Crippen molar-refractivity contribution in [3.63, 3.8) is 0 Å². The molecule has 2 aromatic rings. The van der Waals surface area contributed by atoms with Crippen molar-refractivity contribution < 1.29 is 4.74 Å². The highest BCUT2D eigenvalue weighted by Gasteiger charge is 2.05. The molecule has 0 aliphatic heterocycles. The molecular weight excluding hydrogens is 268 g/mol. The van der Waals surface area contributed by atoms with Gasteiger partial charge in [0.25, 0.3) is 0 Å². The second-order valence-electron chi connectivity index (χ2n) is 4.38. The Balaban J connectivity index is 1.92. The average Bonchev–Trinajstić information content (AvgIpc) is 2.94. The fourth-order valence-electron chi connectivity index (χ4n) is 2.05. The third-order valence-electron chi connectivity index (χ3n) is 3.08. The van der Waals surface area contributed by atoms with E-state index >= 15 is 0 Å². The quantitative estimate of drug-likeness (QED) is 0.847. The molecule has 104 valence electrons. The fourth-order valence-corrected chi connectivity index (χ4v) is 2.99. The Morgan fingerprint density at radius 2 is 2.05 bits per heavy atom. The number of thiophene rings is 1. The first-order valence-corrected chi connectivity index (χ1v) is 7.56. The fraction of sp³-hybridized carbons (Fsp3) is 0.312. The molecule has 4 heteroatoms. The number of aryl methyl sites for hydroxylation is 1. The van der Waals surface area contributed by atoms with Crippen LogP contribution in [0.1, 0.15) is 22.9 Å². The molecule has 2 rings (SSSR count). The van der Waals surface area contributed by atoms with Crippen LogP contribution in [-0.2, 0) is 19.5 Å². The molecule has 0 spiro atoms. The maximum absolute atomic E-state index is 8.59. The molecule has 0 amide bonds. The van der Waals surface area contributed by atoms with Crippen molar-refractivity contribution in [1.29, 1.82) is 5.26 Å². The van der Waals surface area contributed by atoms with Gasteiger partial charge in [0, 0.05) is 23.5 Å². The predicted molar refractivity (Wildman–Crippen MR) is 81.8 cm³/mol. The number of hydrogen-bond donors (Lipinski definition) is 1. The van der Waals surface area contributed by atoms with Crippen LogP contribution in [0.2, 0.25) is 0 Å². The summed E-state index contributed by atoms with van der Waals surface area (Å²) in [6.07, 6.45) is 1.07. The number of nitrogens with one attached hydrogen (secondary N) is 1. The topological polar surface area (TPSA) is 45.0 Å². The largest absolute Gasteiger partial charge is 0.478 e. The molecular formula is C16H18N2OS. The summed E-state index contributed by atoms with van der Waals surface area (Å²) in [4.78, 5) is 1.39. The van der Waals surface area contributed by atoms with Gasteiger partial charge >= 0.3 is 0 Å². The molecule has 1 aromatic heterocycles. The maximum atomic E-state index is 8.59. The molecule has 0 aliphatic rings. The van der Waals surface area contributed by atoms with Gasteiger partial charge in [-0.1, -0.05) is 25.1 Å². The minimum Gasteiger partial charge on any atom is -0.478 e. The molecule has 1 heterocycles. The van der Waals surface area contributed by atoms with Crippen LogP contribution >= 0.6 is 11.3 Å². The standard InChI is InChI=1S/C16H18N2OS/c1-2-13-7-10-20-16(13)12-18-11-14-5-3-4-6-15(14)19-9-8-17/h3-7,10,18H,2,9,11-12H2,1H3. The van der Waals surface area contributed by atoms with Gasteiger partial charge in [-0.05, 0) is 29.5 Å². The summed E-state index contributed by atoms with van der Waals surface area (Å²) in [5.41, 5.74) is 2.49. The zero-order valence-electron chi connectivity index (χ0n) is 11.6. The van der Waals surface area contributed by atoms with Crippen LogP contribution < -0.4 is 10.1 Å². The van der Waals surface area contributed by atoms with Crippen LogP contribution in [0.25, 0.3) is 0 Å². The van der Waals surface area contributed by atoms with Gasteiger partial charge in [-0.25, -0.2) is 0 Å². The van der Waals surface area contributed by atoms with E-state index in [0.717, 1.165) is 30.8 Å². The van der Waals surface area contributed by atoms with Crippen molar-refractivity contribution in [1.82, 2.24) is 5.32 Å². The van der Waals surface area contributed by atoms with Crippen molar-refractivity contribution >= 4 is 11.3 Å². The zero-order chi connectivity index (χ0) is 14.2. The Morgan fingerprint density at radius 1 is 1.20 bits per heavy atom. The normalized spacial score (nSPS) is 10.2. The number of benzene rings is 1. The molecule has 1 N–H and O–H groups in total. The van der Waals surface area contributed by atoms with Crippen molar-refractivity contribution in [3.8, 4) is 11.8 Å². The third-order valence-corrected chi connectivity index (χ3v) is 4.05. The van der Waals surface area contributed by atoms with Crippen molar-refractivity contribution in [3.05, 3.63) is 51.7 Å². The van der Waals surface area contributed by atoms with Crippen LogP contribution in [-0.4, -0.2) is 6.61 Å². The van der Waals surface area contributed by atoms with E-state index in [1.165, 1.54) is 10.4 Å². The van der Waals surface area contributed by atoms with Crippen molar-refractivity contribution in [2.45, 2.75) is 26.4 Å². The number of nitrogens with zero attached hydrogens (tertiary/aromatic N) is 1. The molecule has 1 aromatic carbocycles. The van der Waals surface area contributed by atoms with Crippen LogP contribution in [0.5, 0.6) is 5.75 Å². The lowest BCUT2D eigenvalue weighted by atomic mass is 10.2. The van der Waals surface area contributed by atoms with Crippen molar-refractivity contribution in [2.75, 3.05) is 6.61 Å². The van der Waals surface area contributed by atoms with E-state index in [9.17, 15) is 0 Å². The van der Waals surface area contributed by atoms with E-state index in [1.54, 1.807) is 11.3 Å².